The molecule has 1 aliphatic heterocycles. The number of hydrogen-bond donors (Lipinski definition) is 1. The Bertz CT molecular complexity index is 1000. The Morgan fingerprint density at radius 1 is 1.30 bits per heavy atom. The van der Waals surface area contributed by atoms with Crippen molar-refractivity contribution in [3.05, 3.63) is 82.1 Å². The molecule has 5 nitrogen and oxygen atoms in total. The van der Waals surface area contributed by atoms with Gasteiger partial charge in [0.15, 0.2) is 5.84 Å². The monoisotopic (exact) mass is 432 g/mol. The summed E-state index contributed by atoms with van der Waals surface area (Å²) in [7, 11) is 0. The van der Waals surface area contributed by atoms with Gasteiger partial charge in [-0.25, -0.2) is 8.78 Å². The van der Waals surface area contributed by atoms with Crippen LogP contribution in [-0.2, 0) is 6.54 Å². The average molecular weight is 433 g/mol. The highest BCUT2D eigenvalue weighted by atomic mass is 35.5. The number of piperazine rings is 1. The van der Waals surface area contributed by atoms with Gasteiger partial charge in [0.1, 0.15) is 17.4 Å². The highest BCUT2D eigenvalue weighted by molar-refractivity contribution is 6.31. The lowest BCUT2D eigenvalue weighted by molar-refractivity contribution is 0.370. The summed E-state index contributed by atoms with van der Waals surface area (Å²) in [5, 5.41) is 3.11. The number of ether oxygens (including phenoxy) is 1. The lowest BCUT2D eigenvalue weighted by atomic mass is 10.1. The first kappa shape index (κ1) is 21.8. The lowest BCUT2D eigenvalue weighted by Gasteiger charge is -2.34. The minimum absolute atomic E-state index is 0.0730. The summed E-state index contributed by atoms with van der Waals surface area (Å²) in [5.74, 6) is 0.256. The second kappa shape index (κ2) is 9.71. The molecule has 0 bridgehead atoms. The summed E-state index contributed by atoms with van der Waals surface area (Å²) < 4.78 is 34.1. The number of benzene rings is 1. The van der Waals surface area contributed by atoms with E-state index in [1.807, 2.05) is 25.7 Å². The third-order valence-electron chi connectivity index (χ3n) is 4.51. The summed E-state index contributed by atoms with van der Waals surface area (Å²) in [6.07, 6.45) is 4.97. The molecule has 0 aliphatic carbocycles. The number of nitrogens with zero attached hydrogens (tertiary/aromatic N) is 3. The first-order chi connectivity index (χ1) is 14.4. The van der Waals surface area contributed by atoms with E-state index >= 15 is 0 Å². The van der Waals surface area contributed by atoms with Crippen molar-refractivity contribution in [3.63, 3.8) is 0 Å². The number of amidine groups is 1. The highest BCUT2D eigenvalue weighted by Crippen LogP contribution is 2.26. The molecule has 0 saturated carbocycles. The van der Waals surface area contributed by atoms with Crippen LogP contribution in [0.15, 0.2) is 64.9 Å². The van der Waals surface area contributed by atoms with Crippen molar-refractivity contribution in [1.29, 1.82) is 0 Å². The fourth-order valence-electron chi connectivity index (χ4n) is 3.02. The van der Waals surface area contributed by atoms with E-state index in [1.54, 1.807) is 30.6 Å². The van der Waals surface area contributed by atoms with Gasteiger partial charge in [0.05, 0.1) is 16.9 Å². The molecule has 1 N–H and O–H groups in total. The topological polar surface area (TPSA) is 49.8 Å². The zero-order valence-corrected chi connectivity index (χ0v) is 17.8. The Hall–Kier alpha value is -2.93. The van der Waals surface area contributed by atoms with E-state index in [0.29, 0.717) is 30.6 Å². The van der Waals surface area contributed by atoms with Crippen LogP contribution in [0.25, 0.3) is 0 Å². The number of pyridine rings is 1. The Kier molecular flexibility index (Phi) is 7.05. The molecular weight excluding hydrogens is 410 g/mol. The van der Waals surface area contributed by atoms with Gasteiger partial charge in [-0.1, -0.05) is 11.6 Å². The van der Waals surface area contributed by atoms with Gasteiger partial charge in [-0.2, -0.15) is 4.99 Å². The zero-order chi connectivity index (χ0) is 21.7. The predicted octanol–water partition coefficient (Wildman–Crippen LogP) is 5.05. The van der Waals surface area contributed by atoms with Crippen LogP contribution in [-0.4, -0.2) is 28.8 Å². The Labute approximate surface area is 179 Å². The summed E-state index contributed by atoms with van der Waals surface area (Å²) in [6.45, 7) is 6.95. The smallest absolute Gasteiger partial charge is 0.216 e. The van der Waals surface area contributed by atoms with Crippen LogP contribution in [0.2, 0.25) is 5.02 Å². The normalized spacial score (nSPS) is 15.9. The Balaban J connectivity index is 1.98. The maximum Gasteiger partial charge on any atom is 0.216 e. The molecule has 0 radical (unpaired) electrons. The molecule has 30 heavy (non-hydrogen) atoms. The van der Waals surface area contributed by atoms with Crippen molar-refractivity contribution >= 4 is 17.4 Å². The Morgan fingerprint density at radius 3 is 2.73 bits per heavy atom. The molecule has 2 heterocycles. The molecular formula is C22H23ClF2N4O. The maximum absolute atomic E-state index is 14.4. The Morgan fingerprint density at radius 2 is 2.07 bits per heavy atom. The minimum atomic E-state index is -0.654. The van der Waals surface area contributed by atoms with E-state index in [9.17, 15) is 8.78 Å². The number of rotatable bonds is 5. The fourth-order valence-corrected chi connectivity index (χ4v) is 3.24. The van der Waals surface area contributed by atoms with Crippen LogP contribution in [0.1, 0.15) is 26.3 Å². The second-order valence-electron chi connectivity index (χ2n) is 6.90. The van der Waals surface area contributed by atoms with E-state index in [0.717, 1.165) is 23.4 Å². The minimum Gasteiger partial charge on any atom is -0.438 e. The lowest BCUT2D eigenvalue weighted by Crippen LogP contribution is -2.46. The van der Waals surface area contributed by atoms with Crippen molar-refractivity contribution in [2.24, 2.45) is 4.99 Å². The standard InChI is InChI=1S/C22H23ClF2N4O/c1-4-19(30-15-6-5-9-26-12-15)28-22-21(14(2)3)27-10-11-29(22)13-16-17(24)7-8-18(25)20(16)23/h4-9,12,27H,10-11,13H2,1-3H3/b19-4+,28-22+. The summed E-state index contributed by atoms with van der Waals surface area (Å²) in [4.78, 5) is 10.6. The number of aromatic nitrogens is 1. The van der Waals surface area contributed by atoms with E-state index < -0.39 is 11.6 Å². The molecule has 1 aromatic carbocycles. The summed E-state index contributed by atoms with van der Waals surface area (Å²) in [6, 6.07) is 5.65. The number of allylic oxidation sites excluding steroid dienone is 2. The third kappa shape index (κ3) is 4.97. The van der Waals surface area contributed by atoms with Gasteiger partial charge < -0.3 is 15.0 Å². The van der Waals surface area contributed by atoms with Crippen LogP contribution >= 0.6 is 11.6 Å². The van der Waals surface area contributed by atoms with Gasteiger partial charge in [-0.3, -0.25) is 4.98 Å². The molecule has 1 saturated heterocycles. The van der Waals surface area contributed by atoms with Crippen LogP contribution in [0, 0.1) is 11.6 Å². The SMILES string of the molecule is C/C=C(\N=C1/C(=C(C)C)NCCN1Cc1c(F)ccc(F)c1Cl)Oc1cccnc1. The molecule has 1 aliphatic rings. The van der Waals surface area contributed by atoms with Crippen molar-refractivity contribution < 1.29 is 13.5 Å². The van der Waals surface area contributed by atoms with E-state index in [2.05, 4.69) is 15.3 Å². The quantitative estimate of drug-likeness (QED) is 0.530. The number of hydrogen-bond acceptors (Lipinski definition) is 4. The molecule has 0 spiro atoms. The first-order valence-corrected chi connectivity index (χ1v) is 9.90. The molecule has 1 fully saturated rings. The van der Waals surface area contributed by atoms with Crippen molar-refractivity contribution in [2.45, 2.75) is 27.3 Å². The van der Waals surface area contributed by atoms with Crippen LogP contribution in [0.5, 0.6) is 5.75 Å². The molecule has 2 aromatic rings. The summed E-state index contributed by atoms with van der Waals surface area (Å²) >= 11 is 6.05. The molecule has 1 aromatic heterocycles. The zero-order valence-electron chi connectivity index (χ0n) is 17.0. The van der Waals surface area contributed by atoms with Crippen LogP contribution in [0.4, 0.5) is 8.78 Å². The van der Waals surface area contributed by atoms with E-state index in [4.69, 9.17) is 16.3 Å². The van der Waals surface area contributed by atoms with Crippen molar-refractivity contribution in [1.82, 2.24) is 15.2 Å². The first-order valence-electron chi connectivity index (χ1n) is 9.52. The van der Waals surface area contributed by atoms with Gasteiger partial charge in [0.25, 0.3) is 0 Å². The van der Waals surface area contributed by atoms with Gasteiger partial charge in [-0.05, 0) is 56.7 Å². The fraction of sp³-hybridized carbons (Fsp3) is 0.273. The van der Waals surface area contributed by atoms with Gasteiger partial charge in [0, 0.05) is 31.4 Å². The predicted molar refractivity (Wildman–Crippen MR) is 114 cm³/mol. The van der Waals surface area contributed by atoms with Gasteiger partial charge in [-0.15, -0.1) is 0 Å². The van der Waals surface area contributed by atoms with Crippen LogP contribution in [0.3, 0.4) is 0 Å². The molecule has 0 unspecified atom stereocenters. The largest absolute Gasteiger partial charge is 0.438 e. The molecule has 0 atom stereocenters. The van der Waals surface area contributed by atoms with Gasteiger partial charge in [0.2, 0.25) is 5.88 Å². The maximum atomic E-state index is 14.4. The van der Waals surface area contributed by atoms with E-state index in [-0.39, 0.29) is 17.1 Å². The third-order valence-corrected chi connectivity index (χ3v) is 4.92. The average Bonchev–Trinajstić information content (AvgIpc) is 2.74. The van der Waals surface area contributed by atoms with Crippen LogP contribution < -0.4 is 10.1 Å². The number of aliphatic imine (C=N–C) groups is 1. The van der Waals surface area contributed by atoms with Crippen molar-refractivity contribution in [2.75, 3.05) is 13.1 Å². The molecule has 8 heteroatoms. The number of nitrogens with one attached hydrogen (secondary N) is 1. The van der Waals surface area contributed by atoms with E-state index in [1.165, 1.54) is 0 Å². The van der Waals surface area contributed by atoms with Gasteiger partial charge >= 0.3 is 0 Å². The molecule has 158 valence electrons. The highest BCUT2D eigenvalue weighted by Gasteiger charge is 2.25. The summed E-state index contributed by atoms with van der Waals surface area (Å²) in [5.41, 5.74) is 1.90. The molecule has 3 rings (SSSR count). The molecule has 0 amide bonds. The number of halogens is 3. The van der Waals surface area contributed by atoms with Crippen molar-refractivity contribution in [3.8, 4) is 5.75 Å². The second-order valence-corrected chi connectivity index (χ2v) is 7.28.